The van der Waals surface area contributed by atoms with Gasteiger partial charge in [-0.1, -0.05) is 30.3 Å². The third-order valence-corrected chi connectivity index (χ3v) is 4.54. The van der Waals surface area contributed by atoms with Crippen LogP contribution < -0.4 is 5.32 Å². The molecule has 0 aliphatic heterocycles. The second kappa shape index (κ2) is 5.88. The molecular weight excluding hydrogens is 300 g/mol. The Bertz CT molecular complexity index is 692. The van der Waals surface area contributed by atoms with Crippen molar-refractivity contribution in [2.75, 3.05) is 11.9 Å². The number of ether oxygens (including phenoxy) is 1. The van der Waals surface area contributed by atoms with E-state index in [9.17, 15) is 9.59 Å². The first-order valence-electron chi connectivity index (χ1n) is 7.05. The number of hydrogen-bond donors (Lipinski definition) is 1. The summed E-state index contributed by atoms with van der Waals surface area (Å²) < 4.78 is 5.19. The molecule has 0 unspecified atom stereocenters. The van der Waals surface area contributed by atoms with Crippen LogP contribution in [-0.2, 0) is 19.7 Å². The lowest BCUT2D eigenvalue weighted by Crippen LogP contribution is -2.28. The highest BCUT2D eigenvalue weighted by Crippen LogP contribution is 2.49. The molecule has 1 N–H and O–H groups in total. The summed E-state index contributed by atoms with van der Waals surface area (Å²) in [5, 5.41) is 4.98. The van der Waals surface area contributed by atoms with Gasteiger partial charge in [-0.3, -0.25) is 14.9 Å². The van der Waals surface area contributed by atoms with E-state index in [4.69, 9.17) is 4.74 Å². The first kappa shape index (κ1) is 14.7. The number of anilines is 1. The summed E-state index contributed by atoms with van der Waals surface area (Å²) in [4.78, 5) is 28.2. The summed E-state index contributed by atoms with van der Waals surface area (Å²) >= 11 is 1.34. The highest BCUT2D eigenvalue weighted by atomic mass is 32.1. The van der Waals surface area contributed by atoms with E-state index in [2.05, 4.69) is 10.3 Å². The molecule has 114 valence electrons. The molecular formula is C16H16N2O3S. The van der Waals surface area contributed by atoms with Gasteiger partial charge < -0.3 is 4.74 Å². The van der Waals surface area contributed by atoms with Crippen molar-refractivity contribution in [1.29, 1.82) is 0 Å². The lowest BCUT2D eigenvalue weighted by molar-refractivity contribution is -0.150. The molecule has 2 aromatic rings. The molecule has 0 spiro atoms. The molecule has 0 radical (unpaired) electrons. The number of esters is 1. The van der Waals surface area contributed by atoms with Gasteiger partial charge in [-0.05, 0) is 25.3 Å². The number of rotatable bonds is 5. The Hall–Kier alpha value is -2.21. The fourth-order valence-corrected chi connectivity index (χ4v) is 3.03. The van der Waals surface area contributed by atoms with Gasteiger partial charge >= 0.3 is 5.97 Å². The maximum Gasteiger partial charge on any atom is 0.317 e. The van der Waals surface area contributed by atoms with E-state index in [1.54, 1.807) is 0 Å². The van der Waals surface area contributed by atoms with E-state index in [0.717, 1.165) is 24.1 Å². The predicted octanol–water partition coefficient (Wildman–Crippen LogP) is 2.67. The van der Waals surface area contributed by atoms with Crippen molar-refractivity contribution in [3.63, 3.8) is 0 Å². The van der Waals surface area contributed by atoms with Gasteiger partial charge in [0.2, 0.25) is 0 Å². The van der Waals surface area contributed by atoms with E-state index in [-0.39, 0.29) is 18.5 Å². The topological polar surface area (TPSA) is 68.3 Å². The average Bonchev–Trinajstić information content (AvgIpc) is 3.24. The van der Waals surface area contributed by atoms with Crippen molar-refractivity contribution in [3.8, 4) is 0 Å². The number of nitrogens with one attached hydrogen (secondary N) is 1. The molecule has 1 saturated carbocycles. The summed E-state index contributed by atoms with van der Waals surface area (Å²) in [6.07, 6.45) is 1.53. The summed E-state index contributed by atoms with van der Waals surface area (Å²) in [6, 6.07) is 9.56. The standard InChI is InChI=1S/C16H16N2O3S/c1-11-10-22-15(17-11)18-13(19)9-21-14(20)16(7-8-16)12-5-3-2-4-6-12/h2-6,10H,7-9H2,1H3,(H,17,18,19). The van der Waals surface area contributed by atoms with Gasteiger partial charge in [-0.2, -0.15) is 0 Å². The largest absolute Gasteiger partial charge is 0.455 e. The Morgan fingerprint density at radius 1 is 1.32 bits per heavy atom. The van der Waals surface area contributed by atoms with Crippen LogP contribution in [0.15, 0.2) is 35.7 Å². The van der Waals surface area contributed by atoms with Gasteiger partial charge in [0, 0.05) is 5.38 Å². The molecule has 1 aliphatic carbocycles. The van der Waals surface area contributed by atoms with Gasteiger partial charge in [-0.25, -0.2) is 4.98 Å². The van der Waals surface area contributed by atoms with Crippen molar-refractivity contribution in [1.82, 2.24) is 4.98 Å². The first-order valence-corrected chi connectivity index (χ1v) is 7.93. The van der Waals surface area contributed by atoms with E-state index < -0.39 is 5.41 Å². The minimum absolute atomic E-state index is 0.286. The number of benzene rings is 1. The van der Waals surface area contributed by atoms with Crippen molar-refractivity contribution in [2.24, 2.45) is 0 Å². The maximum atomic E-state index is 12.3. The molecule has 22 heavy (non-hydrogen) atoms. The fourth-order valence-electron chi connectivity index (χ4n) is 2.33. The Balaban J connectivity index is 1.55. The molecule has 1 amide bonds. The van der Waals surface area contributed by atoms with Crippen LogP contribution in [0.2, 0.25) is 0 Å². The lowest BCUT2D eigenvalue weighted by Gasteiger charge is -2.14. The van der Waals surface area contributed by atoms with E-state index >= 15 is 0 Å². The van der Waals surface area contributed by atoms with Gasteiger partial charge in [0.15, 0.2) is 11.7 Å². The van der Waals surface area contributed by atoms with Gasteiger partial charge in [0.05, 0.1) is 11.1 Å². The molecule has 1 heterocycles. The molecule has 0 bridgehead atoms. The van der Waals surface area contributed by atoms with Crippen LogP contribution in [0.4, 0.5) is 5.13 Å². The number of carbonyl (C=O) groups is 2. The van der Waals surface area contributed by atoms with Crippen LogP contribution in [-0.4, -0.2) is 23.5 Å². The van der Waals surface area contributed by atoms with Gasteiger partial charge in [-0.15, -0.1) is 11.3 Å². The van der Waals surface area contributed by atoms with Crippen molar-refractivity contribution in [2.45, 2.75) is 25.2 Å². The molecule has 1 fully saturated rings. The summed E-state index contributed by atoms with van der Waals surface area (Å²) in [5.41, 5.74) is 1.24. The highest BCUT2D eigenvalue weighted by molar-refractivity contribution is 7.13. The Morgan fingerprint density at radius 3 is 2.64 bits per heavy atom. The van der Waals surface area contributed by atoms with Gasteiger partial charge in [0.25, 0.3) is 5.91 Å². The second-order valence-corrected chi connectivity index (χ2v) is 6.22. The first-order chi connectivity index (χ1) is 10.6. The average molecular weight is 316 g/mol. The number of nitrogens with zero attached hydrogens (tertiary/aromatic N) is 1. The third kappa shape index (κ3) is 3.01. The van der Waals surface area contributed by atoms with Crippen molar-refractivity contribution in [3.05, 3.63) is 47.0 Å². The third-order valence-electron chi connectivity index (χ3n) is 3.67. The molecule has 5 nitrogen and oxygen atoms in total. The summed E-state index contributed by atoms with van der Waals surface area (Å²) in [5.74, 6) is -0.698. The number of hydrogen-bond acceptors (Lipinski definition) is 5. The van der Waals surface area contributed by atoms with E-state index in [1.807, 2.05) is 42.6 Å². The molecule has 1 aromatic carbocycles. The summed E-state index contributed by atoms with van der Waals surface area (Å²) in [6.45, 7) is 1.56. The van der Waals surface area contributed by atoms with Crippen LogP contribution in [0.25, 0.3) is 0 Å². The number of amides is 1. The Labute approximate surface area is 132 Å². The number of carbonyl (C=O) groups excluding carboxylic acids is 2. The van der Waals surface area contributed by atoms with Gasteiger partial charge in [0.1, 0.15) is 0 Å². The number of thiazole rings is 1. The van der Waals surface area contributed by atoms with Crippen LogP contribution in [0, 0.1) is 6.92 Å². The van der Waals surface area contributed by atoms with Crippen LogP contribution in [0.3, 0.4) is 0 Å². The predicted molar refractivity (Wildman–Crippen MR) is 83.8 cm³/mol. The lowest BCUT2D eigenvalue weighted by atomic mass is 9.96. The minimum atomic E-state index is -0.556. The zero-order chi connectivity index (χ0) is 15.6. The molecule has 3 rings (SSSR count). The van der Waals surface area contributed by atoms with Crippen molar-refractivity contribution >= 4 is 28.3 Å². The molecule has 0 saturated heterocycles. The zero-order valence-electron chi connectivity index (χ0n) is 12.2. The monoisotopic (exact) mass is 316 g/mol. The highest BCUT2D eigenvalue weighted by Gasteiger charge is 2.52. The molecule has 0 atom stereocenters. The molecule has 1 aromatic heterocycles. The van der Waals surface area contributed by atoms with E-state index in [1.165, 1.54) is 11.3 Å². The maximum absolute atomic E-state index is 12.3. The Kier molecular flexibility index (Phi) is 3.94. The van der Waals surface area contributed by atoms with Crippen LogP contribution in [0.5, 0.6) is 0 Å². The number of aromatic nitrogens is 1. The fraction of sp³-hybridized carbons (Fsp3) is 0.312. The SMILES string of the molecule is Cc1csc(NC(=O)COC(=O)C2(c3ccccc3)CC2)n1. The zero-order valence-corrected chi connectivity index (χ0v) is 13.0. The normalized spacial score (nSPS) is 15.1. The van der Waals surface area contributed by atoms with Crippen LogP contribution in [0.1, 0.15) is 24.1 Å². The second-order valence-electron chi connectivity index (χ2n) is 5.37. The molecule has 6 heteroatoms. The summed E-state index contributed by atoms with van der Waals surface area (Å²) in [7, 11) is 0. The Morgan fingerprint density at radius 2 is 2.05 bits per heavy atom. The van der Waals surface area contributed by atoms with E-state index in [0.29, 0.717) is 5.13 Å². The minimum Gasteiger partial charge on any atom is -0.455 e. The van der Waals surface area contributed by atoms with Crippen molar-refractivity contribution < 1.29 is 14.3 Å². The molecule has 1 aliphatic rings. The van der Waals surface area contributed by atoms with Crippen LogP contribution >= 0.6 is 11.3 Å². The quantitative estimate of drug-likeness (QED) is 0.861. The smallest absolute Gasteiger partial charge is 0.317 e. The number of aryl methyl sites for hydroxylation is 1.